The molecule has 0 saturated carbocycles. The van der Waals surface area contributed by atoms with Crippen molar-refractivity contribution in [2.45, 2.75) is 0 Å². The molecule has 0 aliphatic heterocycles. The molecule has 0 bridgehead atoms. The van der Waals surface area contributed by atoms with Crippen molar-refractivity contribution in [1.29, 1.82) is 0 Å². The Hall–Kier alpha value is -4.21. The number of hydrogen-bond acceptors (Lipinski definition) is 6. The lowest BCUT2D eigenvalue weighted by Crippen LogP contribution is -2.42. The molecule has 0 fully saturated rings. The highest BCUT2D eigenvalue weighted by atomic mass is 16.6. The van der Waals surface area contributed by atoms with E-state index in [0.29, 0.717) is 11.4 Å². The molecule has 10 nitrogen and oxygen atoms in total. The third kappa shape index (κ3) is 3.96. The molecule has 0 radical (unpaired) electrons. The highest BCUT2D eigenvalue weighted by Gasteiger charge is 2.18. The van der Waals surface area contributed by atoms with Crippen LogP contribution >= 0.6 is 0 Å². The first kappa shape index (κ1) is 18.6. The molecule has 2 aromatic carbocycles. The zero-order valence-corrected chi connectivity index (χ0v) is 14.7. The van der Waals surface area contributed by atoms with Crippen molar-refractivity contribution in [3.63, 3.8) is 0 Å². The second-order valence-corrected chi connectivity index (χ2v) is 5.68. The van der Waals surface area contributed by atoms with E-state index in [2.05, 4.69) is 26.4 Å². The van der Waals surface area contributed by atoms with Gasteiger partial charge >= 0.3 is 0 Å². The summed E-state index contributed by atoms with van der Waals surface area (Å²) in [6.45, 7) is 0. The van der Waals surface area contributed by atoms with Crippen LogP contribution < -0.4 is 16.2 Å². The number of nitrogens with zero attached hydrogens (tertiary/aromatic N) is 2. The molecule has 28 heavy (non-hydrogen) atoms. The molecule has 0 atom stereocenters. The molecule has 4 N–H and O–H groups in total. The number of nitro benzene ring substituents is 1. The quantitative estimate of drug-likeness (QED) is 0.394. The monoisotopic (exact) mass is 380 g/mol. The first-order valence-corrected chi connectivity index (χ1v) is 8.17. The molecule has 10 heteroatoms. The maximum Gasteiger partial charge on any atom is 0.287 e. The predicted octanol–water partition coefficient (Wildman–Crippen LogP) is 2.10. The minimum atomic E-state index is -0.704. The number of anilines is 1. The van der Waals surface area contributed by atoms with Gasteiger partial charge in [0.05, 0.1) is 16.2 Å². The molecule has 0 aliphatic carbocycles. The van der Waals surface area contributed by atoms with Gasteiger partial charge in [0.25, 0.3) is 17.5 Å². The minimum absolute atomic E-state index is 0.0200. The summed E-state index contributed by atoms with van der Waals surface area (Å²) in [5.41, 5.74) is 6.21. The number of aromatic nitrogens is 2. The molecule has 1 heterocycles. The number of rotatable bonds is 5. The van der Waals surface area contributed by atoms with Gasteiger partial charge in [-0.3, -0.25) is 35.7 Å². The number of nitro groups is 1. The lowest BCUT2D eigenvalue weighted by Gasteiger charge is -2.10. The average Bonchev–Trinajstić information content (AvgIpc) is 3.22. The summed E-state index contributed by atoms with van der Waals surface area (Å²) in [5, 5.41) is 20.4. The lowest BCUT2D eigenvalue weighted by atomic mass is 10.1. The predicted molar refractivity (Wildman–Crippen MR) is 102 cm³/mol. The van der Waals surface area contributed by atoms with Crippen molar-refractivity contribution in [2.75, 3.05) is 12.4 Å². The lowest BCUT2D eigenvalue weighted by molar-refractivity contribution is -0.384. The minimum Gasteiger partial charge on any atom is -0.387 e. The summed E-state index contributed by atoms with van der Waals surface area (Å²) in [6, 6.07) is 14.6. The number of hydrazine groups is 1. The molecule has 0 aliphatic rings. The number of amides is 2. The normalized spacial score (nSPS) is 10.2. The summed E-state index contributed by atoms with van der Waals surface area (Å²) in [5.74, 6) is -1.32. The Morgan fingerprint density at radius 1 is 1.04 bits per heavy atom. The van der Waals surface area contributed by atoms with Gasteiger partial charge in [-0.1, -0.05) is 30.3 Å². The van der Waals surface area contributed by atoms with Crippen LogP contribution in [0.3, 0.4) is 0 Å². The maximum absolute atomic E-state index is 12.3. The van der Waals surface area contributed by atoms with E-state index in [9.17, 15) is 19.7 Å². The van der Waals surface area contributed by atoms with Gasteiger partial charge < -0.3 is 5.32 Å². The number of carbonyl (C=O) groups excluding carboxylic acids is 2. The van der Waals surface area contributed by atoms with Crippen LogP contribution in [0, 0.1) is 10.1 Å². The largest absolute Gasteiger partial charge is 0.387 e. The molecule has 0 unspecified atom stereocenters. The van der Waals surface area contributed by atoms with Crippen molar-refractivity contribution in [1.82, 2.24) is 21.0 Å². The van der Waals surface area contributed by atoms with E-state index in [1.807, 2.05) is 30.3 Å². The van der Waals surface area contributed by atoms with E-state index in [4.69, 9.17) is 0 Å². The van der Waals surface area contributed by atoms with Gasteiger partial charge in [-0.15, -0.1) is 0 Å². The third-order valence-electron chi connectivity index (χ3n) is 3.91. The van der Waals surface area contributed by atoms with Gasteiger partial charge in [0.2, 0.25) is 0 Å². The van der Waals surface area contributed by atoms with Gasteiger partial charge in [-0.2, -0.15) is 5.10 Å². The topological polar surface area (TPSA) is 142 Å². The number of aromatic amines is 1. The Morgan fingerprint density at radius 2 is 1.75 bits per heavy atom. The molecule has 3 rings (SSSR count). The van der Waals surface area contributed by atoms with E-state index in [-0.39, 0.29) is 16.9 Å². The summed E-state index contributed by atoms with van der Waals surface area (Å²) in [4.78, 5) is 34.9. The summed E-state index contributed by atoms with van der Waals surface area (Å²) in [7, 11) is 1.58. The van der Waals surface area contributed by atoms with Crippen LogP contribution in [0.1, 0.15) is 20.8 Å². The number of H-pyrrole nitrogens is 1. The van der Waals surface area contributed by atoms with E-state index in [1.54, 1.807) is 13.1 Å². The van der Waals surface area contributed by atoms with Crippen molar-refractivity contribution in [2.24, 2.45) is 0 Å². The van der Waals surface area contributed by atoms with Gasteiger partial charge in [0.1, 0.15) is 5.69 Å². The van der Waals surface area contributed by atoms with Gasteiger partial charge in [-0.05, 0) is 12.1 Å². The standard InChI is InChI=1S/C18H16N6O4/c1-19-14-8-7-12(24(27)28)9-13(14)17(25)22-23-18(26)16-10-15(20-21-16)11-5-3-2-4-6-11/h2-10,19H,1H3,(H,20,21)(H,22,25)(H,23,26). The van der Waals surface area contributed by atoms with Crippen LogP contribution in [0.5, 0.6) is 0 Å². The van der Waals surface area contributed by atoms with E-state index < -0.39 is 16.7 Å². The SMILES string of the molecule is CNc1ccc([N+](=O)[O-])cc1C(=O)NNC(=O)c1cc(-c2ccccc2)n[nH]1. The Balaban J connectivity index is 1.70. The highest BCUT2D eigenvalue weighted by molar-refractivity contribution is 6.02. The van der Waals surface area contributed by atoms with Crippen LogP contribution in [0.4, 0.5) is 11.4 Å². The smallest absolute Gasteiger partial charge is 0.287 e. The third-order valence-corrected chi connectivity index (χ3v) is 3.91. The number of hydrogen-bond donors (Lipinski definition) is 4. The zero-order valence-electron chi connectivity index (χ0n) is 14.7. The fourth-order valence-electron chi connectivity index (χ4n) is 2.49. The van der Waals surface area contributed by atoms with Crippen LogP contribution in [0.2, 0.25) is 0 Å². The van der Waals surface area contributed by atoms with Crippen LogP contribution in [0.25, 0.3) is 11.3 Å². The summed E-state index contributed by atoms with van der Waals surface area (Å²) < 4.78 is 0. The number of benzene rings is 2. The average molecular weight is 380 g/mol. The molecular formula is C18H16N6O4. The zero-order chi connectivity index (χ0) is 20.1. The molecule has 1 aromatic heterocycles. The maximum atomic E-state index is 12.3. The summed E-state index contributed by atoms with van der Waals surface area (Å²) >= 11 is 0. The van der Waals surface area contributed by atoms with Crippen molar-refractivity contribution in [3.05, 3.63) is 76.0 Å². The highest BCUT2D eigenvalue weighted by Crippen LogP contribution is 2.21. The van der Waals surface area contributed by atoms with Gasteiger partial charge in [0.15, 0.2) is 0 Å². The first-order valence-electron chi connectivity index (χ1n) is 8.17. The Bertz CT molecular complexity index is 1030. The molecular weight excluding hydrogens is 364 g/mol. The molecule has 0 spiro atoms. The Morgan fingerprint density at radius 3 is 2.43 bits per heavy atom. The van der Waals surface area contributed by atoms with Crippen LogP contribution in [-0.2, 0) is 0 Å². The van der Waals surface area contributed by atoms with Gasteiger partial charge in [-0.25, -0.2) is 0 Å². The Kier molecular flexibility index (Phi) is 5.30. The Labute approximate surface area is 159 Å². The van der Waals surface area contributed by atoms with Crippen LogP contribution in [0.15, 0.2) is 54.6 Å². The van der Waals surface area contributed by atoms with Crippen molar-refractivity contribution >= 4 is 23.2 Å². The number of carbonyl (C=O) groups is 2. The van der Waals surface area contributed by atoms with E-state index >= 15 is 0 Å². The second kappa shape index (κ2) is 7.99. The second-order valence-electron chi connectivity index (χ2n) is 5.68. The molecule has 142 valence electrons. The molecule has 3 aromatic rings. The van der Waals surface area contributed by atoms with E-state index in [0.717, 1.165) is 11.6 Å². The molecule has 2 amide bonds. The number of nitrogens with one attached hydrogen (secondary N) is 4. The fourth-order valence-corrected chi connectivity index (χ4v) is 2.49. The first-order chi connectivity index (χ1) is 13.5. The molecule has 0 saturated heterocycles. The van der Waals surface area contributed by atoms with Crippen LogP contribution in [-0.4, -0.2) is 34.0 Å². The fraction of sp³-hybridized carbons (Fsp3) is 0.0556. The van der Waals surface area contributed by atoms with Crippen molar-refractivity contribution in [3.8, 4) is 11.3 Å². The van der Waals surface area contributed by atoms with Gasteiger partial charge in [0, 0.05) is 30.4 Å². The van der Waals surface area contributed by atoms with E-state index in [1.165, 1.54) is 12.1 Å². The van der Waals surface area contributed by atoms with Crippen molar-refractivity contribution < 1.29 is 14.5 Å². The summed E-state index contributed by atoms with van der Waals surface area (Å²) in [6.07, 6.45) is 0. The number of non-ortho nitro benzene ring substituents is 1.